The van der Waals surface area contributed by atoms with Gasteiger partial charge in [-0.15, -0.1) is 0 Å². The number of ether oxygens (including phenoxy) is 1. The summed E-state index contributed by atoms with van der Waals surface area (Å²) in [6.07, 6.45) is 4.14. The summed E-state index contributed by atoms with van der Waals surface area (Å²) < 4.78 is 20.1. The molecule has 1 aliphatic rings. The first-order valence-electron chi connectivity index (χ1n) is 13.7. The highest BCUT2D eigenvalue weighted by atomic mass is 19.1. The average Bonchev–Trinajstić information content (AvgIpc) is 2.97. The number of halogens is 1. The van der Waals surface area contributed by atoms with Gasteiger partial charge in [-0.3, -0.25) is 4.79 Å². The topological polar surface area (TPSA) is 94.4 Å². The van der Waals surface area contributed by atoms with Gasteiger partial charge in [0.25, 0.3) is 5.91 Å². The Labute approximate surface area is 235 Å². The van der Waals surface area contributed by atoms with Gasteiger partial charge in [-0.2, -0.15) is 5.26 Å². The fourth-order valence-electron chi connectivity index (χ4n) is 5.38. The van der Waals surface area contributed by atoms with E-state index in [-0.39, 0.29) is 17.8 Å². The number of amides is 1. The van der Waals surface area contributed by atoms with E-state index in [0.717, 1.165) is 43.8 Å². The molecule has 4 rings (SSSR count). The van der Waals surface area contributed by atoms with Crippen LogP contribution in [0.3, 0.4) is 0 Å². The molecule has 0 saturated carbocycles. The third-order valence-electron chi connectivity index (χ3n) is 7.78. The Balaban J connectivity index is 1.38. The van der Waals surface area contributed by atoms with E-state index in [4.69, 9.17) is 4.74 Å². The summed E-state index contributed by atoms with van der Waals surface area (Å²) in [6.45, 7) is 8.58. The zero-order valence-electron chi connectivity index (χ0n) is 23.7. The fraction of sp³-hybridized carbons (Fsp3) is 0.419. The maximum Gasteiger partial charge on any atom is 0.254 e. The SMILES string of the molecule is COc1ccc(N(Cc2cc(C#N)ccc2F)C2CCN(C(C)CCNC(=O)c3c(C)ncnc3C)CC2)cc1. The Morgan fingerprint density at radius 1 is 1.18 bits per heavy atom. The first-order valence-corrected chi connectivity index (χ1v) is 13.7. The number of methoxy groups -OCH3 is 1. The van der Waals surface area contributed by atoms with E-state index < -0.39 is 0 Å². The second kappa shape index (κ2) is 13.4. The molecule has 1 N–H and O–H groups in total. The first-order chi connectivity index (χ1) is 19.3. The number of carbonyl (C=O) groups is 1. The van der Waals surface area contributed by atoms with Gasteiger partial charge in [0.15, 0.2) is 0 Å². The maximum absolute atomic E-state index is 14.8. The van der Waals surface area contributed by atoms with Crippen LogP contribution in [0.1, 0.15) is 59.1 Å². The number of carbonyl (C=O) groups excluding carboxylic acids is 1. The molecule has 1 amide bonds. The molecule has 1 aromatic heterocycles. The Morgan fingerprint density at radius 2 is 1.85 bits per heavy atom. The number of hydrogen-bond donors (Lipinski definition) is 1. The Morgan fingerprint density at radius 3 is 2.48 bits per heavy atom. The number of nitriles is 1. The molecule has 1 aliphatic heterocycles. The molecule has 210 valence electrons. The lowest BCUT2D eigenvalue weighted by Gasteiger charge is -2.42. The zero-order chi connectivity index (χ0) is 28.6. The van der Waals surface area contributed by atoms with Crippen molar-refractivity contribution in [2.45, 2.75) is 58.7 Å². The highest BCUT2D eigenvalue weighted by Gasteiger charge is 2.28. The minimum absolute atomic E-state index is 0.135. The van der Waals surface area contributed by atoms with Gasteiger partial charge in [0.05, 0.1) is 35.7 Å². The summed E-state index contributed by atoms with van der Waals surface area (Å²) in [5.74, 6) is 0.324. The molecule has 1 fully saturated rings. The van der Waals surface area contributed by atoms with E-state index in [1.54, 1.807) is 13.2 Å². The quantitative estimate of drug-likeness (QED) is 0.392. The lowest BCUT2D eigenvalue weighted by molar-refractivity contribution is 0.0943. The Kier molecular flexibility index (Phi) is 9.67. The predicted octanol–water partition coefficient (Wildman–Crippen LogP) is 4.79. The number of likely N-dealkylation sites (tertiary alicyclic amines) is 1. The molecule has 0 bridgehead atoms. The van der Waals surface area contributed by atoms with E-state index in [0.29, 0.717) is 47.2 Å². The number of nitrogens with one attached hydrogen (secondary N) is 1. The predicted molar refractivity (Wildman–Crippen MR) is 153 cm³/mol. The van der Waals surface area contributed by atoms with Crippen LogP contribution < -0.4 is 15.0 Å². The number of aromatic nitrogens is 2. The van der Waals surface area contributed by atoms with Gasteiger partial charge < -0.3 is 19.9 Å². The van der Waals surface area contributed by atoms with E-state index in [1.807, 2.05) is 38.1 Å². The molecule has 0 aliphatic carbocycles. The van der Waals surface area contributed by atoms with Gasteiger partial charge in [-0.1, -0.05) is 0 Å². The molecular weight excluding hydrogens is 507 g/mol. The highest BCUT2D eigenvalue weighted by Crippen LogP contribution is 2.29. The summed E-state index contributed by atoms with van der Waals surface area (Å²) in [4.78, 5) is 25.7. The van der Waals surface area contributed by atoms with Crippen molar-refractivity contribution in [2.24, 2.45) is 0 Å². The number of anilines is 1. The summed E-state index contributed by atoms with van der Waals surface area (Å²) in [5, 5.41) is 12.4. The monoisotopic (exact) mass is 544 g/mol. The molecule has 2 aromatic carbocycles. The van der Waals surface area contributed by atoms with Gasteiger partial charge in [0.2, 0.25) is 0 Å². The molecule has 1 saturated heterocycles. The molecule has 2 heterocycles. The van der Waals surface area contributed by atoms with Crippen molar-refractivity contribution in [2.75, 3.05) is 31.6 Å². The van der Waals surface area contributed by atoms with Crippen LogP contribution in [-0.2, 0) is 6.54 Å². The number of hydrogen-bond acceptors (Lipinski definition) is 7. The standard InChI is InChI=1S/C31H37FN6O2/c1-21(11-14-34-31(39)30-22(2)35-20-36-23(30)3)37-15-12-27(13-16-37)38(26-6-8-28(40-4)9-7-26)19-25-17-24(18-33)5-10-29(25)32/h5-10,17,20-21,27H,11-16,19H2,1-4H3,(H,34,39). The molecule has 40 heavy (non-hydrogen) atoms. The van der Waals surface area contributed by atoms with E-state index in [2.05, 4.69) is 38.1 Å². The third-order valence-corrected chi connectivity index (χ3v) is 7.78. The maximum atomic E-state index is 14.8. The largest absolute Gasteiger partial charge is 0.497 e. The summed E-state index contributed by atoms with van der Waals surface area (Å²) in [6, 6.07) is 15.0. The number of piperidine rings is 1. The van der Waals surface area contributed by atoms with Crippen molar-refractivity contribution >= 4 is 11.6 Å². The van der Waals surface area contributed by atoms with Crippen LogP contribution >= 0.6 is 0 Å². The van der Waals surface area contributed by atoms with Crippen molar-refractivity contribution in [1.82, 2.24) is 20.2 Å². The van der Waals surface area contributed by atoms with Crippen molar-refractivity contribution < 1.29 is 13.9 Å². The summed E-state index contributed by atoms with van der Waals surface area (Å²) in [5.41, 5.74) is 3.86. The van der Waals surface area contributed by atoms with Crippen LogP contribution in [0.5, 0.6) is 5.75 Å². The molecule has 0 radical (unpaired) electrons. The third kappa shape index (κ3) is 6.93. The second-order valence-corrected chi connectivity index (χ2v) is 10.3. The summed E-state index contributed by atoms with van der Waals surface area (Å²) in [7, 11) is 1.63. The highest BCUT2D eigenvalue weighted by molar-refractivity contribution is 5.96. The number of benzene rings is 2. The number of rotatable bonds is 10. The van der Waals surface area contributed by atoms with Crippen LogP contribution in [0.25, 0.3) is 0 Å². The summed E-state index contributed by atoms with van der Waals surface area (Å²) >= 11 is 0. The molecule has 8 nitrogen and oxygen atoms in total. The number of aryl methyl sites for hydroxylation is 2. The van der Waals surface area contributed by atoms with Crippen LogP contribution in [0.15, 0.2) is 48.8 Å². The van der Waals surface area contributed by atoms with E-state index >= 15 is 0 Å². The van der Waals surface area contributed by atoms with Gasteiger partial charge >= 0.3 is 0 Å². The normalized spacial score (nSPS) is 14.8. The van der Waals surface area contributed by atoms with Crippen molar-refractivity contribution in [3.63, 3.8) is 0 Å². The lowest BCUT2D eigenvalue weighted by atomic mass is 9.99. The average molecular weight is 545 g/mol. The van der Waals surface area contributed by atoms with Crippen molar-refractivity contribution in [1.29, 1.82) is 5.26 Å². The van der Waals surface area contributed by atoms with Crippen LogP contribution in [0.4, 0.5) is 10.1 Å². The van der Waals surface area contributed by atoms with Crippen LogP contribution in [0, 0.1) is 31.0 Å². The van der Waals surface area contributed by atoms with Gasteiger partial charge in [0.1, 0.15) is 17.9 Å². The van der Waals surface area contributed by atoms with E-state index in [1.165, 1.54) is 18.5 Å². The Hall–Kier alpha value is -4.03. The minimum atomic E-state index is -0.307. The minimum Gasteiger partial charge on any atom is -0.497 e. The molecule has 3 aromatic rings. The first kappa shape index (κ1) is 29.0. The molecule has 0 spiro atoms. The smallest absolute Gasteiger partial charge is 0.254 e. The molecule has 9 heteroatoms. The van der Waals surface area contributed by atoms with Crippen LogP contribution in [0.2, 0.25) is 0 Å². The van der Waals surface area contributed by atoms with Crippen LogP contribution in [-0.4, -0.2) is 59.6 Å². The van der Waals surface area contributed by atoms with Crippen molar-refractivity contribution in [3.8, 4) is 11.8 Å². The van der Waals surface area contributed by atoms with Gasteiger partial charge in [0, 0.05) is 49.5 Å². The Bertz CT molecular complexity index is 1330. The van der Waals surface area contributed by atoms with E-state index in [9.17, 15) is 14.4 Å². The second-order valence-electron chi connectivity index (χ2n) is 10.3. The van der Waals surface area contributed by atoms with Gasteiger partial charge in [-0.05, 0) is 82.5 Å². The molecular formula is C31H37FN6O2. The fourth-order valence-corrected chi connectivity index (χ4v) is 5.38. The molecule has 1 unspecified atom stereocenters. The zero-order valence-corrected chi connectivity index (χ0v) is 23.7. The number of nitrogens with zero attached hydrogens (tertiary/aromatic N) is 5. The molecule has 1 atom stereocenters. The van der Waals surface area contributed by atoms with Crippen molar-refractivity contribution in [3.05, 3.63) is 82.7 Å². The lowest BCUT2D eigenvalue weighted by Crippen LogP contribution is -2.48. The van der Waals surface area contributed by atoms with Gasteiger partial charge in [-0.25, -0.2) is 14.4 Å².